The molecule has 2 aliphatic heterocycles. The van der Waals surface area contributed by atoms with Gasteiger partial charge in [0.1, 0.15) is 5.82 Å². The van der Waals surface area contributed by atoms with Gasteiger partial charge in [0.15, 0.2) is 0 Å². The number of piperazine rings is 1. The van der Waals surface area contributed by atoms with Gasteiger partial charge < -0.3 is 29.7 Å². The molecule has 0 spiro atoms. The van der Waals surface area contributed by atoms with Crippen LogP contribution < -0.4 is 20.7 Å². The second-order valence-electron chi connectivity index (χ2n) is 11.1. The second-order valence-corrected chi connectivity index (χ2v) is 11.1. The van der Waals surface area contributed by atoms with Crippen molar-refractivity contribution < 1.29 is 27.1 Å². The number of benzene rings is 1. The number of anilines is 3. The number of pyridine rings is 1. The van der Waals surface area contributed by atoms with Crippen molar-refractivity contribution >= 4 is 23.2 Å². The van der Waals surface area contributed by atoms with Crippen LogP contribution in [0.1, 0.15) is 36.7 Å². The number of carbonyl (C=O) groups is 1. The van der Waals surface area contributed by atoms with Gasteiger partial charge in [0.25, 0.3) is 5.91 Å². The van der Waals surface area contributed by atoms with E-state index in [0.29, 0.717) is 50.4 Å². The molecule has 4 heterocycles. The Labute approximate surface area is 245 Å². The number of aromatic nitrogens is 3. The molecule has 0 aliphatic carbocycles. The van der Waals surface area contributed by atoms with Crippen LogP contribution in [0.3, 0.4) is 0 Å². The lowest BCUT2D eigenvalue weighted by Crippen LogP contribution is -2.50. The average molecular weight is 604 g/mol. The average Bonchev–Trinajstić information content (AvgIpc) is 2.94. The molecule has 0 radical (unpaired) electrons. The second kappa shape index (κ2) is 11.9. The van der Waals surface area contributed by atoms with E-state index in [-0.39, 0.29) is 35.2 Å². The molecule has 2 aromatic heterocycles. The Morgan fingerprint density at radius 1 is 1.07 bits per heavy atom. The first-order chi connectivity index (χ1) is 20.3. The fourth-order valence-corrected chi connectivity index (χ4v) is 5.46. The highest BCUT2D eigenvalue weighted by Crippen LogP contribution is 2.37. The summed E-state index contributed by atoms with van der Waals surface area (Å²) in [5.41, 5.74) is -2.44. The zero-order chi connectivity index (χ0) is 31.1. The summed E-state index contributed by atoms with van der Waals surface area (Å²) in [6.45, 7) is 8.60. The van der Waals surface area contributed by atoms with Gasteiger partial charge in [-0.3, -0.25) is 9.59 Å². The summed E-state index contributed by atoms with van der Waals surface area (Å²) in [4.78, 5) is 42.0. The van der Waals surface area contributed by atoms with Crippen LogP contribution in [0.5, 0.6) is 0 Å². The zero-order valence-electron chi connectivity index (χ0n) is 24.2. The van der Waals surface area contributed by atoms with Crippen LogP contribution >= 0.6 is 0 Å². The minimum atomic E-state index is -4.95. The lowest BCUT2D eigenvalue weighted by molar-refractivity contribution is -0.138. The minimum absolute atomic E-state index is 0.0387. The number of likely N-dealkylation sites (N-methyl/N-ethyl adjacent to an activating group) is 1. The molecule has 43 heavy (non-hydrogen) atoms. The van der Waals surface area contributed by atoms with Crippen LogP contribution in [-0.2, 0) is 10.9 Å². The maximum atomic E-state index is 15.8. The van der Waals surface area contributed by atoms with Crippen LogP contribution in [0.2, 0.25) is 0 Å². The number of amides is 1. The molecule has 1 aromatic carbocycles. The Morgan fingerprint density at radius 2 is 1.79 bits per heavy atom. The number of nitrogens with one attached hydrogen (secondary N) is 2. The highest BCUT2D eigenvalue weighted by atomic mass is 19.4. The molecule has 2 N–H and O–H groups in total. The lowest BCUT2D eigenvalue weighted by Gasteiger charge is -2.39. The van der Waals surface area contributed by atoms with E-state index in [4.69, 9.17) is 4.74 Å². The number of hydrogen-bond donors (Lipinski definition) is 2. The summed E-state index contributed by atoms with van der Waals surface area (Å²) in [5.74, 6) is -1.35. The fraction of sp³-hybridized carbons (Fsp3) is 0.448. The molecule has 3 aromatic rings. The van der Waals surface area contributed by atoms with Crippen LogP contribution in [-0.4, -0.2) is 83.8 Å². The normalized spacial score (nSPS) is 21.6. The van der Waals surface area contributed by atoms with Gasteiger partial charge in [-0.15, -0.1) is 0 Å². The molecule has 10 nitrogen and oxygen atoms in total. The third-order valence-corrected chi connectivity index (χ3v) is 7.73. The van der Waals surface area contributed by atoms with Crippen molar-refractivity contribution in [2.75, 3.05) is 54.9 Å². The fourth-order valence-electron chi connectivity index (χ4n) is 5.46. The van der Waals surface area contributed by atoms with E-state index in [2.05, 4.69) is 25.2 Å². The van der Waals surface area contributed by atoms with Crippen molar-refractivity contribution in [3.8, 4) is 11.3 Å². The monoisotopic (exact) mass is 603 g/mol. The van der Waals surface area contributed by atoms with Crippen molar-refractivity contribution in [3.05, 3.63) is 64.0 Å². The van der Waals surface area contributed by atoms with E-state index < -0.39 is 34.6 Å². The summed E-state index contributed by atoms with van der Waals surface area (Å²) in [7, 11) is 1.96. The topological polar surface area (TPSA) is 107 Å². The Morgan fingerprint density at radius 3 is 2.47 bits per heavy atom. The van der Waals surface area contributed by atoms with Gasteiger partial charge in [-0.25, -0.2) is 14.4 Å². The number of morpholine rings is 1. The molecule has 1 unspecified atom stereocenters. The summed E-state index contributed by atoms with van der Waals surface area (Å²) in [5, 5.41) is 2.56. The predicted molar refractivity (Wildman–Crippen MR) is 154 cm³/mol. The summed E-state index contributed by atoms with van der Waals surface area (Å²) in [6, 6.07) is 4.60. The van der Waals surface area contributed by atoms with Crippen molar-refractivity contribution in [2.45, 2.75) is 45.2 Å². The van der Waals surface area contributed by atoms with Crippen molar-refractivity contribution in [3.63, 3.8) is 0 Å². The number of ether oxygens (including phenoxy) is 1. The van der Waals surface area contributed by atoms with Crippen molar-refractivity contribution in [1.82, 2.24) is 19.9 Å². The highest BCUT2D eigenvalue weighted by Gasteiger charge is 2.36. The molecule has 14 heteroatoms. The smallest absolute Gasteiger partial charge is 0.372 e. The van der Waals surface area contributed by atoms with Gasteiger partial charge in [0, 0.05) is 62.8 Å². The number of hydrogen-bond acceptors (Lipinski definition) is 8. The van der Waals surface area contributed by atoms with E-state index in [1.54, 1.807) is 0 Å². The number of carbonyl (C=O) groups excluding carboxylic acids is 1. The van der Waals surface area contributed by atoms with Gasteiger partial charge in [-0.2, -0.15) is 13.2 Å². The first kappa shape index (κ1) is 30.4. The Bertz CT molecular complexity index is 1550. The maximum Gasteiger partial charge on any atom is 0.417 e. The quantitative estimate of drug-likeness (QED) is 0.422. The Balaban J connectivity index is 1.56. The van der Waals surface area contributed by atoms with Crippen LogP contribution in [0.15, 0.2) is 41.5 Å². The molecule has 2 fully saturated rings. The molecule has 2 saturated heterocycles. The summed E-state index contributed by atoms with van der Waals surface area (Å²) >= 11 is 0. The molecule has 1 amide bonds. The third kappa shape index (κ3) is 6.64. The lowest BCUT2D eigenvalue weighted by atomic mass is 10.1. The third-order valence-electron chi connectivity index (χ3n) is 7.73. The highest BCUT2D eigenvalue weighted by molar-refractivity contribution is 6.07. The van der Waals surface area contributed by atoms with Crippen LogP contribution in [0.4, 0.5) is 34.9 Å². The molecule has 3 atom stereocenters. The van der Waals surface area contributed by atoms with E-state index in [0.717, 1.165) is 6.20 Å². The molecule has 230 valence electrons. The van der Waals surface area contributed by atoms with E-state index in [1.165, 1.54) is 24.4 Å². The first-order valence-corrected chi connectivity index (χ1v) is 13.9. The molecule has 0 bridgehead atoms. The SMILES string of the molecule is CC1CN(c2cc(F)c(-c3ccnc(N4C[C@@H](C)O[C@@H](C)C4)n3)cc2NC(=O)c2c[nH]c(=O)cc2C(F)(F)F)CCN1C. The molecule has 2 aliphatic rings. The number of H-pyrrole nitrogens is 1. The van der Waals surface area contributed by atoms with E-state index in [9.17, 15) is 22.8 Å². The standard InChI is InChI=1S/C29H33F4N7O3/c1-16-13-39(8-7-38(16)4)25-11-22(30)19(23-5-6-34-28(37-23)40-14-17(2)43-18(3)15-40)9-24(25)36-27(42)20-12-35-26(41)10-21(20)29(31,32)33/h5-6,9-12,16-18H,7-8,13-15H2,1-4H3,(H,35,41)(H,36,42)/t16?,17-,18+. The van der Waals surface area contributed by atoms with Crippen molar-refractivity contribution in [1.29, 1.82) is 0 Å². The van der Waals surface area contributed by atoms with Crippen LogP contribution in [0.25, 0.3) is 11.3 Å². The van der Waals surface area contributed by atoms with E-state index >= 15 is 4.39 Å². The van der Waals surface area contributed by atoms with Crippen molar-refractivity contribution in [2.24, 2.45) is 0 Å². The molecular formula is C29H33F4N7O3. The number of nitrogens with zero attached hydrogens (tertiary/aromatic N) is 5. The largest absolute Gasteiger partial charge is 0.417 e. The predicted octanol–water partition coefficient (Wildman–Crippen LogP) is 4.00. The number of rotatable bonds is 5. The van der Waals surface area contributed by atoms with Gasteiger partial charge in [-0.1, -0.05) is 0 Å². The Hall–Kier alpha value is -4.04. The number of alkyl halides is 3. The summed E-state index contributed by atoms with van der Waals surface area (Å²) in [6.07, 6.45) is -2.84. The maximum absolute atomic E-state index is 15.8. The molecule has 0 saturated carbocycles. The molecular weight excluding hydrogens is 570 g/mol. The van der Waals surface area contributed by atoms with Gasteiger partial charge in [0.05, 0.1) is 40.4 Å². The van der Waals surface area contributed by atoms with Gasteiger partial charge in [0.2, 0.25) is 11.5 Å². The van der Waals surface area contributed by atoms with Gasteiger partial charge in [-0.05, 0) is 46.0 Å². The minimum Gasteiger partial charge on any atom is -0.372 e. The summed E-state index contributed by atoms with van der Waals surface area (Å²) < 4.78 is 62.8. The first-order valence-electron chi connectivity index (χ1n) is 13.9. The number of halogens is 4. The van der Waals surface area contributed by atoms with E-state index in [1.807, 2.05) is 37.6 Å². The molecule has 5 rings (SSSR count). The number of aromatic amines is 1. The zero-order valence-corrected chi connectivity index (χ0v) is 24.2. The Kier molecular flexibility index (Phi) is 8.43. The van der Waals surface area contributed by atoms with Crippen LogP contribution in [0, 0.1) is 5.82 Å². The van der Waals surface area contributed by atoms with Gasteiger partial charge >= 0.3 is 6.18 Å².